The van der Waals surface area contributed by atoms with Gasteiger partial charge in [-0.25, -0.2) is 4.79 Å². The van der Waals surface area contributed by atoms with Gasteiger partial charge in [-0.2, -0.15) is 0 Å². The molecule has 0 saturated carbocycles. The number of methoxy groups -OCH3 is 1. The molecule has 0 fully saturated rings. The summed E-state index contributed by atoms with van der Waals surface area (Å²) in [5.41, 5.74) is 2.18. The van der Waals surface area contributed by atoms with Crippen molar-refractivity contribution >= 4 is 17.7 Å². The number of likely N-dealkylation sites (N-methyl/N-ethyl adjacent to an activating group) is 1. The molecule has 0 bridgehead atoms. The number of hydrogen-bond acceptors (Lipinski definition) is 4. The van der Waals surface area contributed by atoms with Crippen LogP contribution in [0.5, 0.6) is 0 Å². The summed E-state index contributed by atoms with van der Waals surface area (Å²) in [7, 11) is 3.07. The topological polar surface area (TPSA) is 68.6 Å². The standard InChI is InChI=1S/C22H36N2O4/c1-9-12-13-17(10-2)21(26)24(11-3)16(6)20(25)18-14(4)19(22(27)28-8)23(7)15(18)5/h16-17H,9-13H2,1-8H3. The summed E-state index contributed by atoms with van der Waals surface area (Å²) in [6, 6.07) is -0.585. The van der Waals surface area contributed by atoms with Gasteiger partial charge in [0.15, 0.2) is 5.78 Å². The van der Waals surface area contributed by atoms with Gasteiger partial charge < -0.3 is 14.2 Å². The number of unbranched alkanes of at least 4 members (excludes halogenated alkanes) is 1. The minimum absolute atomic E-state index is 0.0405. The van der Waals surface area contributed by atoms with Gasteiger partial charge in [0.25, 0.3) is 0 Å². The van der Waals surface area contributed by atoms with E-state index in [0.717, 1.165) is 25.7 Å². The number of amides is 1. The van der Waals surface area contributed by atoms with Gasteiger partial charge >= 0.3 is 5.97 Å². The summed E-state index contributed by atoms with van der Waals surface area (Å²) in [5.74, 6) is -0.623. The number of nitrogens with zero attached hydrogens (tertiary/aromatic N) is 2. The van der Waals surface area contributed by atoms with Crippen LogP contribution < -0.4 is 0 Å². The quantitative estimate of drug-likeness (QED) is 0.445. The van der Waals surface area contributed by atoms with E-state index in [1.54, 1.807) is 30.4 Å². The largest absolute Gasteiger partial charge is 0.464 e. The lowest BCUT2D eigenvalue weighted by atomic mass is 9.95. The SMILES string of the molecule is CCCCC(CC)C(=O)N(CC)C(C)C(=O)c1c(C)c(C(=O)OC)n(C)c1C. The Morgan fingerprint density at radius 3 is 2.21 bits per heavy atom. The highest BCUT2D eigenvalue weighted by molar-refractivity contribution is 6.06. The number of esters is 1. The Labute approximate surface area is 169 Å². The van der Waals surface area contributed by atoms with Crippen molar-refractivity contribution in [3.05, 3.63) is 22.5 Å². The van der Waals surface area contributed by atoms with E-state index in [-0.39, 0.29) is 17.6 Å². The molecule has 6 heteroatoms. The zero-order chi connectivity index (χ0) is 21.6. The second kappa shape index (κ2) is 10.4. The molecule has 0 aliphatic heterocycles. The van der Waals surface area contributed by atoms with Crippen molar-refractivity contribution in [3.63, 3.8) is 0 Å². The van der Waals surface area contributed by atoms with E-state index in [2.05, 4.69) is 6.92 Å². The molecule has 0 N–H and O–H groups in total. The van der Waals surface area contributed by atoms with Crippen LogP contribution in [0.4, 0.5) is 0 Å². The highest BCUT2D eigenvalue weighted by Gasteiger charge is 2.33. The maximum absolute atomic E-state index is 13.3. The van der Waals surface area contributed by atoms with Crippen molar-refractivity contribution in [1.29, 1.82) is 0 Å². The maximum atomic E-state index is 13.3. The Hall–Kier alpha value is -2.11. The number of aromatic nitrogens is 1. The predicted molar refractivity (Wildman–Crippen MR) is 111 cm³/mol. The molecule has 6 nitrogen and oxygen atoms in total. The summed E-state index contributed by atoms with van der Waals surface area (Å²) in [4.78, 5) is 40.2. The first-order valence-electron chi connectivity index (χ1n) is 10.3. The molecule has 158 valence electrons. The monoisotopic (exact) mass is 392 g/mol. The van der Waals surface area contributed by atoms with E-state index in [1.165, 1.54) is 7.11 Å². The number of carbonyl (C=O) groups is 3. The summed E-state index contributed by atoms with van der Waals surface area (Å²) in [6.07, 6.45) is 3.66. The van der Waals surface area contributed by atoms with Crippen molar-refractivity contribution in [1.82, 2.24) is 9.47 Å². The van der Waals surface area contributed by atoms with Crippen molar-refractivity contribution in [2.24, 2.45) is 13.0 Å². The number of carbonyl (C=O) groups excluding carboxylic acids is 3. The number of hydrogen-bond donors (Lipinski definition) is 0. The number of Topliss-reactive ketones (excluding diaryl/α,β-unsaturated/α-hetero) is 1. The first-order chi connectivity index (χ1) is 13.2. The Morgan fingerprint density at radius 1 is 1.14 bits per heavy atom. The van der Waals surface area contributed by atoms with E-state index < -0.39 is 12.0 Å². The van der Waals surface area contributed by atoms with Gasteiger partial charge in [-0.3, -0.25) is 9.59 Å². The fraction of sp³-hybridized carbons (Fsp3) is 0.682. The third kappa shape index (κ3) is 4.65. The molecule has 0 radical (unpaired) electrons. The van der Waals surface area contributed by atoms with Crippen molar-refractivity contribution in [3.8, 4) is 0 Å². The van der Waals surface area contributed by atoms with E-state index in [9.17, 15) is 14.4 Å². The lowest BCUT2D eigenvalue weighted by Gasteiger charge is -2.31. The molecule has 1 aromatic heterocycles. The van der Waals surface area contributed by atoms with Crippen molar-refractivity contribution in [2.75, 3.05) is 13.7 Å². The molecule has 28 heavy (non-hydrogen) atoms. The molecule has 0 aliphatic carbocycles. The lowest BCUT2D eigenvalue weighted by molar-refractivity contribution is -0.137. The Bertz CT molecular complexity index is 721. The molecular weight excluding hydrogens is 356 g/mol. The van der Waals surface area contributed by atoms with Crippen LogP contribution in [0.25, 0.3) is 0 Å². The molecule has 0 aliphatic rings. The summed E-state index contributed by atoms with van der Waals surface area (Å²) >= 11 is 0. The van der Waals surface area contributed by atoms with E-state index in [0.29, 0.717) is 29.1 Å². The van der Waals surface area contributed by atoms with Gasteiger partial charge in [0.2, 0.25) is 5.91 Å². The number of ketones is 1. The molecule has 1 amide bonds. The summed E-state index contributed by atoms with van der Waals surface area (Å²) in [6.45, 7) is 11.9. The first-order valence-corrected chi connectivity index (χ1v) is 10.3. The van der Waals surface area contributed by atoms with Crippen LogP contribution in [-0.2, 0) is 16.6 Å². The van der Waals surface area contributed by atoms with Crippen molar-refractivity contribution < 1.29 is 19.1 Å². The second-order valence-corrected chi connectivity index (χ2v) is 7.40. The molecule has 0 spiro atoms. The van der Waals surface area contributed by atoms with Crippen LogP contribution in [0.2, 0.25) is 0 Å². The zero-order valence-corrected chi connectivity index (χ0v) is 18.7. The summed E-state index contributed by atoms with van der Waals surface area (Å²) < 4.78 is 6.55. The Kier molecular flexibility index (Phi) is 8.92. The van der Waals surface area contributed by atoms with Gasteiger partial charge in [0.1, 0.15) is 5.69 Å². The van der Waals surface area contributed by atoms with Gasteiger partial charge in [0, 0.05) is 30.8 Å². The molecule has 0 aromatic carbocycles. The number of rotatable bonds is 10. The van der Waals surface area contributed by atoms with Crippen LogP contribution in [0.3, 0.4) is 0 Å². The first kappa shape index (κ1) is 23.9. The normalized spacial score (nSPS) is 13.1. The molecule has 1 aromatic rings. The average molecular weight is 393 g/mol. The third-order valence-corrected chi connectivity index (χ3v) is 5.77. The number of ether oxygens (including phenoxy) is 1. The molecule has 2 atom stereocenters. The fourth-order valence-corrected chi connectivity index (χ4v) is 3.88. The Morgan fingerprint density at radius 2 is 1.75 bits per heavy atom. The molecule has 2 unspecified atom stereocenters. The van der Waals surface area contributed by atoms with Crippen LogP contribution in [0.15, 0.2) is 0 Å². The van der Waals surface area contributed by atoms with Gasteiger partial charge in [0.05, 0.1) is 13.2 Å². The predicted octanol–water partition coefficient (Wildman–Crippen LogP) is 4.06. The van der Waals surface area contributed by atoms with Gasteiger partial charge in [-0.1, -0.05) is 26.7 Å². The molecule has 0 saturated heterocycles. The average Bonchev–Trinajstić information content (AvgIpc) is 2.90. The van der Waals surface area contributed by atoms with E-state index in [4.69, 9.17) is 4.74 Å². The second-order valence-electron chi connectivity index (χ2n) is 7.40. The van der Waals surface area contributed by atoms with E-state index >= 15 is 0 Å². The minimum Gasteiger partial charge on any atom is -0.464 e. The fourth-order valence-electron chi connectivity index (χ4n) is 3.88. The van der Waals surface area contributed by atoms with Gasteiger partial charge in [-0.15, -0.1) is 0 Å². The minimum atomic E-state index is -0.585. The molecular formula is C22H36N2O4. The lowest BCUT2D eigenvalue weighted by Crippen LogP contribution is -2.46. The highest BCUT2D eigenvalue weighted by Crippen LogP contribution is 2.25. The van der Waals surface area contributed by atoms with Crippen LogP contribution in [0.1, 0.15) is 85.5 Å². The Balaban J connectivity index is 3.23. The van der Waals surface area contributed by atoms with E-state index in [1.807, 2.05) is 20.8 Å². The van der Waals surface area contributed by atoms with Crippen molar-refractivity contribution in [2.45, 2.75) is 73.3 Å². The molecule has 1 heterocycles. The van der Waals surface area contributed by atoms with Crippen LogP contribution in [0, 0.1) is 19.8 Å². The van der Waals surface area contributed by atoms with Gasteiger partial charge in [-0.05, 0) is 46.1 Å². The zero-order valence-electron chi connectivity index (χ0n) is 18.7. The van der Waals surface area contributed by atoms with Crippen LogP contribution >= 0.6 is 0 Å². The summed E-state index contributed by atoms with van der Waals surface area (Å²) in [5, 5.41) is 0. The smallest absolute Gasteiger partial charge is 0.354 e. The third-order valence-electron chi connectivity index (χ3n) is 5.77. The maximum Gasteiger partial charge on any atom is 0.354 e. The van der Waals surface area contributed by atoms with Crippen LogP contribution in [-0.4, -0.2) is 46.8 Å². The molecule has 1 rings (SSSR count). The highest BCUT2D eigenvalue weighted by atomic mass is 16.5.